The lowest BCUT2D eigenvalue weighted by atomic mass is 10.2. The first-order valence-electron chi connectivity index (χ1n) is 8.89. The van der Waals surface area contributed by atoms with Crippen LogP contribution >= 0.6 is 11.6 Å². The van der Waals surface area contributed by atoms with Crippen LogP contribution in [0.3, 0.4) is 0 Å². The van der Waals surface area contributed by atoms with E-state index in [0.29, 0.717) is 17.8 Å². The van der Waals surface area contributed by atoms with Crippen molar-refractivity contribution in [3.05, 3.63) is 75.9 Å². The van der Waals surface area contributed by atoms with Gasteiger partial charge in [-0.1, -0.05) is 23.7 Å². The van der Waals surface area contributed by atoms with Gasteiger partial charge in [0.05, 0.1) is 10.6 Å². The Morgan fingerprint density at radius 3 is 2.52 bits per heavy atom. The Labute approximate surface area is 180 Å². The van der Waals surface area contributed by atoms with Gasteiger partial charge >= 0.3 is 0 Å². The van der Waals surface area contributed by atoms with E-state index in [1.165, 1.54) is 13.0 Å². The number of aromatic nitrogens is 2. The topological polar surface area (TPSA) is 116 Å². The lowest BCUT2D eigenvalue weighted by molar-refractivity contribution is -0.114. The van der Waals surface area contributed by atoms with E-state index in [4.69, 9.17) is 11.6 Å². The van der Waals surface area contributed by atoms with Crippen molar-refractivity contribution in [1.82, 2.24) is 15.5 Å². The molecule has 0 saturated heterocycles. The van der Waals surface area contributed by atoms with Crippen LogP contribution in [0.2, 0.25) is 5.02 Å². The Bertz CT molecular complexity index is 1170. The Kier molecular flexibility index (Phi) is 6.61. The Morgan fingerprint density at radius 1 is 1.03 bits per heavy atom. The molecule has 1 heterocycles. The number of hydrogen-bond acceptors (Lipinski definition) is 4. The molecule has 11 heteroatoms. The molecule has 0 unspecified atom stereocenters. The van der Waals surface area contributed by atoms with Gasteiger partial charge in [-0.2, -0.15) is 5.10 Å². The molecule has 160 valence electrons. The SMILES string of the molecule is CC(=O)Nc1cccc(CNC(=O)c2cc(NC(=O)c3cc(F)c(F)cc3Cl)[nH]n2)c1. The Balaban J connectivity index is 1.61. The van der Waals surface area contributed by atoms with Crippen LogP contribution in [-0.2, 0) is 11.3 Å². The van der Waals surface area contributed by atoms with Crippen molar-refractivity contribution in [3.63, 3.8) is 0 Å². The molecule has 4 N–H and O–H groups in total. The van der Waals surface area contributed by atoms with Gasteiger partial charge in [0.25, 0.3) is 11.8 Å². The van der Waals surface area contributed by atoms with Crippen molar-refractivity contribution in [1.29, 1.82) is 0 Å². The molecule has 0 aliphatic rings. The number of carbonyl (C=O) groups is 3. The summed E-state index contributed by atoms with van der Waals surface area (Å²) in [6.45, 7) is 1.56. The minimum Gasteiger partial charge on any atom is -0.347 e. The third kappa shape index (κ3) is 5.64. The highest BCUT2D eigenvalue weighted by Gasteiger charge is 2.17. The molecule has 0 atom stereocenters. The maximum absolute atomic E-state index is 13.4. The third-order valence-electron chi connectivity index (χ3n) is 4.01. The number of halogens is 3. The van der Waals surface area contributed by atoms with Crippen molar-refractivity contribution in [2.75, 3.05) is 10.6 Å². The predicted octanol–water partition coefficient (Wildman–Crippen LogP) is 3.48. The predicted molar refractivity (Wildman–Crippen MR) is 110 cm³/mol. The van der Waals surface area contributed by atoms with Gasteiger partial charge in [0.15, 0.2) is 17.3 Å². The average molecular weight is 448 g/mol. The van der Waals surface area contributed by atoms with Gasteiger partial charge in [-0.15, -0.1) is 0 Å². The fraction of sp³-hybridized carbons (Fsp3) is 0.100. The summed E-state index contributed by atoms with van der Waals surface area (Å²) < 4.78 is 26.5. The lowest BCUT2D eigenvalue weighted by Gasteiger charge is -2.07. The van der Waals surface area contributed by atoms with E-state index in [9.17, 15) is 23.2 Å². The number of rotatable bonds is 6. The zero-order valence-electron chi connectivity index (χ0n) is 16.1. The first kappa shape index (κ1) is 21.9. The highest BCUT2D eigenvalue weighted by molar-refractivity contribution is 6.34. The first-order valence-corrected chi connectivity index (χ1v) is 9.27. The second-order valence-corrected chi connectivity index (χ2v) is 6.84. The van der Waals surface area contributed by atoms with E-state index in [1.54, 1.807) is 24.3 Å². The van der Waals surface area contributed by atoms with Crippen molar-refractivity contribution >= 4 is 40.8 Å². The number of carbonyl (C=O) groups excluding carboxylic acids is 3. The zero-order valence-corrected chi connectivity index (χ0v) is 16.8. The van der Waals surface area contributed by atoms with Crippen LogP contribution in [0, 0.1) is 11.6 Å². The minimum absolute atomic E-state index is 0.00954. The number of anilines is 2. The summed E-state index contributed by atoms with van der Waals surface area (Å²) >= 11 is 5.78. The van der Waals surface area contributed by atoms with Gasteiger partial charge in [0.1, 0.15) is 5.82 Å². The number of hydrogen-bond donors (Lipinski definition) is 4. The van der Waals surface area contributed by atoms with Crippen molar-refractivity contribution < 1.29 is 23.2 Å². The van der Waals surface area contributed by atoms with E-state index < -0.39 is 23.4 Å². The number of amides is 3. The molecule has 0 fully saturated rings. The summed E-state index contributed by atoms with van der Waals surface area (Å²) in [5.41, 5.74) is 1.06. The van der Waals surface area contributed by atoms with Gasteiger partial charge < -0.3 is 16.0 Å². The summed E-state index contributed by atoms with van der Waals surface area (Å²) in [5, 5.41) is 13.7. The molecule has 0 aliphatic heterocycles. The molecule has 0 radical (unpaired) electrons. The molecule has 2 aromatic carbocycles. The lowest BCUT2D eigenvalue weighted by Crippen LogP contribution is -2.23. The summed E-state index contributed by atoms with van der Waals surface area (Å²) in [6.07, 6.45) is 0. The van der Waals surface area contributed by atoms with Crippen molar-refractivity contribution in [2.24, 2.45) is 0 Å². The summed E-state index contributed by atoms with van der Waals surface area (Å²) in [7, 11) is 0. The molecular formula is C20H16ClF2N5O3. The quantitative estimate of drug-likeness (QED) is 0.433. The molecule has 0 aliphatic carbocycles. The second kappa shape index (κ2) is 9.35. The number of benzene rings is 2. The van der Waals surface area contributed by atoms with Crippen LogP contribution in [-0.4, -0.2) is 27.9 Å². The molecule has 0 bridgehead atoms. The number of nitrogens with zero attached hydrogens (tertiary/aromatic N) is 1. The minimum atomic E-state index is -1.22. The van der Waals surface area contributed by atoms with Gasteiger partial charge in [0, 0.05) is 25.2 Å². The van der Waals surface area contributed by atoms with Crippen molar-refractivity contribution in [2.45, 2.75) is 13.5 Å². The van der Waals surface area contributed by atoms with Crippen LogP contribution in [0.5, 0.6) is 0 Å². The van der Waals surface area contributed by atoms with E-state index in [0.717, 1.165) is 5.56 Å². The van der Waals surface area contributed by atoms with E-state index >= 15 is 0 Å². The van der Waals surface area contributed by atoms with Gasteiger partial charge in [0.2, 0.25) is 5.91 Å². The molecule has 0 saturated carbocycles. The highest BCUT2D eigenvalue weighted by atomic mass is 35.5. The van der Waals surface area contributed by atoms with Crippen LogP contribution in [0.25, 0.3) is 0 Å². The third-order valence-corrected chi connectivity index (χ3v) is 4.33. The second-order valence-electron chi connectivity index (χ2n) is 6.43. The maximum atomic E-state index is 13.4. The highest BCUT2D eigenvalue weighted by Crippen LogP contribution is 2.21. The summed E-state index contributed by atoms with van der Waals surface area (Å²) in [4.78, 5) is 35.7. The van der Waals surface area contributed by atoms with E-state index in [1.807, 2.05) is 0 Å². The molecule has 3 amide bonds. The molecule has 8 nitrogen and oxygen atoms in total. The van der Waals surface area contributed by atoms with Gasteiger partial charge in [-0.25, -0.2) is 8.78 Å². The van der Waals surface area contributed by atoms with Gasteiger partial charge in [-0.3, -0.25) is 19.5 Å². The number of nitrogens with one attached hydrogen (secondary N) is 4. The Hall–Kier alpha value is -3.79. The summed E-state index contributed by atoms with van der Waals surface area (Å²) in [6, 6.07) is 9.57. The largest absolute Gasteiger partial charge is 0.347 e. The molecular weight excluding hydrogens is 432 g/mol. The van der Waals surface area contributed by atoms with Crippen LogP contribution in [0.15, 0.2) is 42.5 Å². The average Bonchev–Trinajstić information content (AvgIpc) is 3.17. The molecule has 1 aromatic heterocycles. The number of H-pyrrole nitrogens is 1. The first-order chi connectivity index (χ1) is 14.7. The maximum Gasteiger partial charge on any atom is 0.272 e. The normalized spacial score (nSPS) is 10.5. The van der Waals surface area contributed by atoms with Crippen LogP contribution < -0.4 is 16.0 Å². The monoisotopic (exact) mass is 447 g/mol. The summed E-state index contributed by atoms with van der Waals surface area (Å²) in [5.74, 6) is -3.88. The molecule has 31 heavy (non-hydrogen) atoms. The zero-order chi connectivity index (χ0) is 22.5. The molecule has 0 spiro atoms. The fourth-order valence-electron chi connectivity index (χ4n) is 2.62. The van der Waals surface area contributed by atoms with Gasteiger partial charge in [-0.05, 0) is 29.8 Å². The van der Waals surface area contributed by atoms with E-state index in [2.05, 4.69) is 26.1 Å². The fourth-order valence-corrected chi connectivity index (χ4v) is 2.86. The van der Waals surface area contributed by atoms with E-state index in [-0.39, 0.29) is 34.5 Å². The standard InChI is InChI=1S/C20H16ClF2N5O3/c1-10(29)25-12-4-2-3-11(5-12)9-24-20(31)17-8-18(28-27-17)26-19(30)13-6-15(22)16(23)7-14(13)21/h2-8H,9H2,1H3,(H,24,31)(H,25,29)(H2,26,27,28,30). The molecule has 3 aromatic rings. The Morgan fingerprint density at radius 2 is 1.77 bits per heavy atom. The van der Waals surface area contributed by atoms with Crippen molar-refractivity contribution in [3.8, 4) is 0 Å². The smallest absolute Gasteiger partial charge is 0.272 e. The van der Waals surface area contributed by atoms with Crippen LogP contribution in [0.4, 0.5) is 20.3 Å². The molecule has 3 rings (SSSR count). The number of aromatic amines is 1. The van der Waals surface area contributed by atoms with Crippen LogP contribution in [0.1, 0.15) is 33.3 Å².